The first-order valence-electron chi connectivity index (χ1n) is 5.44. The molecular weight excluding hydrogens is 210 g/mol. The number of benzene rings is 2. The number of rotatable bonds is 3. The molecule has 2 aromatic rings. The van der Waals surface area contributed by atoms with Crippen LogP contribution in [0.5, 0.6) is 0 Å². The molecule has 0 aliphatic rings. The average molecular weight is 225 g/mol. The van der Waals surface area contributed by atoms with Gasteiger partial charge in [0.05, 0.1) is 11.4 Å². The first-order chi connectivity index (χ1) is 8.18. The van der Waals surface area contributed by atoms with Crippen molar-refractivity contribution in [2.75, 3.05) is 11.1 Å². The van der Waals surface area contributed by atoms with Gasteiger partial charge < -0.3 is 16.5 Å². The number of nitrogens with one attached hydrogen (secondary N) is 2. The lowest BCUT2D eigenvalue weighted by Crippen LogP contribution is -2.01. The smallest absolute Gasteiger partial charge is 0.0618 e. The lowest BCUT2D eigenvalue weighted by Gasteiger charge is -2.12. The first kappa shape index (κ1) is 11.2. The van der Waals surface area contributed by atoms with E-state index >= 15 is 0 Å². The molecule has 0 bridgehead atoms. The van der Waals surface area contributed by atoms with Crippen molar-refractivity contribution < 1.29 is 0 Å². The van der Waals surface area contributed by atoms with E-state index in [0.29, 0.717) is 11.4 Å². The highest BCUT2D eigenvalue weighted by atomic mass is 14.9. The molecule has 3 heteroatoms. The molecule has 0 saturated heterocycles. The van der Waals surface area contributed by atoms with Gasteiger partial charge in [-0.25, -0.2) is 0 Å². The van der Waals surface area contributed by atoms with E-state index in [-0.39, 0.29) is 0 Å². The lowest BCUT2D eigenvalue weighted by molar-refractivity contribution is 1.44. The number of anilines is 3. The normalized spacial score (nSPS) is 9.94. The maximum absolute atomic E-state index is 7.72. The Hall–Kier alpha value is -2.29. The fourth-order valence-corrected chi connectivity index (χ4v) is 1.68. The van der Waals surface area contributed by atoms with Crippen LogP contribution in [0.15, 0.2) is 48.5 Å². The highest BCUT2D eigenvalue weighted by molar-refractivity contribution is 6.02. The standard InChI is InChI=1S/C14H15N3/c1-10(15)11-6-2-4-8-13(11)17-14-9-5-3-7-12(14)16/h2-9,15,17H,16H2,1H3. The third kappa shape index (κ3) is 2.45. The molecule has 3 nitrogen and oxygen atoms in total. The second-order valence-corrected chi connectivity index (χ2v) is 3.88. The van der Waals surface area contributed by atoms with Crippen LogP contribution in [0.2, 0.25) is 0 Å². The van der Waals surface area contributed by atoms with E-state index in [4.69, 9.17) is 11.1 Å². The van der Waals surface area contributed by atoms with Gasteiger partial charge in [-0.2, -0.15) is 0 Å². The number of hydrogen-bond donors (Lipinski definition) is 3. The monoisotopic (exact) mass is 225 g/mol. The van der Waals surface area contributed by atoms with Gasteiger partial charge in [0.15, 0.2) is 0 Å². The Morgan fingerprint density at radius 1 is 1.00 bits per heavy atom. The van der Waals surface area contributed by atoms with E-state index in [1.54, 1.807) is 6.92 Å². The summed E-state index contributed by atoms with van der Waals surface area (Å²) >= 11 is 0. The fourth-order valence-electron chi connectivity index (χ4n) is 1.68. The van der Waals surface area contributed by atoms with Crippen molar-refractivity contribution in [1.29, 1.82) is 5.41 Å². The second-order valence-electron chi connectivity index (χ2n) is 3.88. The quantitative estimate of drug-likeness (QED) is 0.553. The van der Waals surface area contributed by atoms with Crippen LogP contribution >= 0.6 is 0 Å². The van der Waals surface area contributed by atoms with E-state index in [9.17, 15) is 0 Å². The van der Waals surface area contributed by atoms with Crippen LogP contribution in [0.3, 0.4) is 0 Å². The van der Waals surface area contributed by atoms with Crippen LogP contribution in [-0.2, 0) is 0 Å². The Bertz CT molecular complexity index is 547. The molecule has 0 fully saturated rings. The van der Waals surface area contributed by atoms with Crippen LogP contribution in [0.1, 0.15) is 12.5 Å². The van der Waals surface area contributed by atoms with Crippen LogP contribution in [0, 0.1) is 5.41 Å². The Morgan fingerprint density at radius 2 is 1.59 bits per heavy atom. The molecule has 0 aliphatic carbocycles. The van der Waals surface area contributed by atoms with Crippen LogP contribution < -0.4 is 11.1 Å². The molecule has 0 unspecified atom stereocenters. The van der Waals surface area contributed by atoms with Crippen molar-refractivity contribution in [3.8, 4) is 0 Å². The highest BCUT2D eigenvalue weighted by Crippen LogP contribution is 2.25. The van der Waals surface area contributed by atoms with E-state index in [0.717, 1.165) is 16.9 Å². The Kier molecular flexibility index (Phi) is 3.10. The Balaban J connectivity index is 2.37. The molecule has 4 N–H and O–H groups in total. The lowest BCUT2D eigenvalue weighted by atomic mass is 10.1. The molecule has 0 saturated carbocycles. The molecular formula is C14H15N3. The zero-order chi connectivity index (χ0) is 12.3. The van der Waals surface area contributed by atoms with Gasteiger partial charge in [-0.3, -0.25) is 0 Å². The first-order valence-corrected chi connectivity index (χ1v) is 5.44. The molecule has 0 aliphatic heterocycles. The summed E-state index contributed by atoms with van der Waals surface area (Å²) in [5, 5.41) is 11.0. The van der Waals surface area contributed by atoms with Crippen molar-refractivity contribution in [2.45, 2.75) is 6.92 Å². The third-order valence-electron chi connectivity index (χ3n) is 2.56. The van der Waals surface area contributed by atoms with Gasteiger partial charge in [0, 0.05) is 17.0 Å². The van der Waals surface area contributed by atoms with E-state index in [1.807, 2.05) is 48.5 Å². The minimum Gasteiger partial charge on any atom is -0.397 e. The SMILES string of the molecule is CC(=N)c1ccccc1Nc1ccccc1N. The summed E-state index contributed by atoms with van der Waals surface area (Å²) in [7, 11) is 0. The summed E-state index contributed by atoms with van der Waals surface area (Å²) in [5.41, 5.74) is 9.76. The zero-order valence-corrected chi connectivity index (χ0v) is 9.70. The summed E-state index contributed by atoms with van der Waals surface area (Å²) in [5.74, 6) is 0. The van der Waals surface area contributed by atoms with E-state index in [2.05, 4.69) is 5.32 Å². The Labute approximate surface area is 101 Å². The van der Waals surface area contributed by atoms with Gasteiger partial charge in [0.1, 0.15) is 0 Å². The fraction of sp³-hybridized carbons (Fsp3) is 0.0714. The molecule has 2 rings (SSSR count). The van der Waals surface area contributed by atoms with Gasteiger partial charge in [-0.1, -0.05) is 30.3 Å². The van der Waals surface area contributed by atoms with Gasteiger partial charge in [0.25, 0.3) is 0 Å². The van der Waals surface area contributed by atoms with Crippen molar-refractivity contribution in [1.82, 2.24) is 0 Å². The van der Waals surface area contributed by atoms with Gasteiger partial charge >= 0.3 is 0 Å². The van der Waals surface area contributed by atoms with Gasteiger partial charge in [-0.15, -0.1) is 0 Å². The minimum absolute atomic E-state index is 0.530. The molecule has 0 atom stereocenters. The Morgan fingerprint density at radius 3 is 2.24 bits per heavy atom. The largest absolute Gasteiger partial charge is 0.397 e. The van der Waals surface area contributed by atoms with Gasteiger partial charge in [0.2, 0.25) is 0 Å². The van der Waals surface area contributed by atoms with Crippen molar-refractivity contribution in [3.05, 3.63) is 54.1 Å². The molecule has 17 heavy (non-hydrogen) atoms. The maximum Gasteiger partial charge on any atom is 0.0618 e. The summed E-state index contributed by atoms with van der Waals surface area (Å²) in [6.07, 6.45) is 0. The third-order valence-corrected chi connectivity index (χ3v) is 2.56. The summed E-state index contributed by atoms with van der Waals surface area (Å²) < 4.78 is 0. The predicted molar refractivity (Wildman–Crippen MR) is 73.1 cm³/mol. The summed E-state index contributed by atoms with van der Waals surface area (Å²) in [6, 6.07) is 15.3. The maximum atomic E-state index is 7.72. The van der Waals surface area contributed by atoms with Crippen LogP contribution in [0.25, 0.3) is 0 Å². The molecule has 0 radical (unpaired) electrons. The highest BCUT2D eigenvalue weighted by Gasteiger charge is 2.04. The number of nitrogens with two attached hydrogens (primary N) is 1. The van der Waals surface area contributed by atoms with E-state index in [1.165, 1.54) is 0 Å². The number of hydrogen-bond acceptors (Lipinski definition) is 3. The van der Waals surface area contributed by atoms with Gasteiger partial charge in [-0.05, 0) is 25.1 Å². The minimum atomic E-state index is 0.530. The van der Waals surface area contributed by atoms with E-state index < -0.39 is 0 Å². The van der Waals surface area contributed by atoms with Crippen LogP contribution in [0.4, 0.5) is 17.1 Å². The van der Waals surface area contributed by atoms with Crippen molar-refractivity contribution >= 4 is 22.8 Å². The molecule has 2 aromatic carbocycles. The van der Waals surface area contributed by atoms with Crippen LogP contribution in [-0.4, -0.2) is 5.71 Å². The summed E-state index contributed by atoms with van der Waals surface area (Å²) in [4.78, 5) is 0. The molecule has 0 amide bonds. The summed E-state index contributed by atoms with van der Waals surface area (Å²) in [6.45, 7) is 1.77. The average Bonchev–Trinajstić information content (AvgIpc) is 2.32. The predicted octanol–water partition coefficient (Wildman–Crippen LogP) is 3.40. The molecule has 0 spiro atoms. The zero-order valence-electron chi connectivity index (χ0n) is 9.70. The molecule has 0 aromatic heterocycles. The number of para-hydroxylation sites is 3. The second kappa shape index (κ2) is 4.70. The van der Waals surface area contributed by atoms with Crippen molar-refractivity contribution in [2.24, 2.45) is 0 Å². The molecule has 0 heterocycles. The topological polar surface area (TPSA) is 61.9 Å². The number of nitrogen functional groups attached to an aromatic ring is 1. The molecule has 86 valence electrons. The van der Waals surface area contributed by atoms with Crippen molar-refractivity contribution in [3.63, 3.8) is 0 Å².